The minimum absolute atomic E-state index is 0. The van der Waals surface area contributed by atoms with Crippen molar-refractivity contribution in [1.29, 1.82) is 0 Å². The van der Waals surface area contributed by atoms with E-state index < -0.39 is 23.8 Å². The van der Waals surface area contributed by atoms with Gasteiger partial charge in [-0.15, -0.1) is 0 Å². The maximum atomic E-state index is 11.8. The van der Waals surface area contributed by atoms with Crippen LogP contribution in [0.5, 0.6) is 0 Å². The van der Waals surface area contributed by atoms with Crippen LogP contribution in [0.15, 0.2) is 0 Å². The molecule has 0 heterocycles. The van der Waals surface area contributed by atoms with Gasteiger partial charge in [-0.2, -0.15) is 17.6 Å². The Balaban J connectivity index is -0.000000101. The third-order valence-electron chi connectivity index (χ3n) is 0.932. The Hall–Kier alpha value is -0.145. The van der Waals surface area contributed by atoms with Gasteiger partial charge >= 0.3 is 61.5 Å². The zero-order chi connectivity index (χ0) is 10.2. The smallest absolute Gasteiger partial charge is 1.00 e. The Morgan fingerprint density at radius 1 is 0.857 bits per heavy atom. The SMILES string of the molecule is O=C(O)C(F)(F)C(F)(F)C(=O)O.[H-].[H-].[Li+].[Li+]. The van der Waals surface area contributed by atoms with Gasteiger partial charge in [-0.3, -0.25) is 0 Å². The molecule has 0 fully saturated rings. The van der Waals surface area contributed by atoms with Crippen LogP contribution in [0, 0.1) is 0 Å². The predicted molar refractivity (Wildman–Crippen MR) is 27.4 cm³/mol. The van der Waals surface area contributed by atoms with Gasteiger partial charge in [0.15, 0.2) is 0 Å². The van der Waals surface area contributed by atoms with Gasteiger partial charge in [-0.05, 0) is 0 Å². The molecule has 0 aromatic heterocycles. The summed E-state index contributed by atoms with van der Waals surface area (Å²) in [7, 11) is 0. The molecule has 0 spiro atoms. The van der Waals surface area contributed by atoms with E-state index in [1.807, 2.05) is 0 Å². The normalized spacial score (nSPS) is 10.9. The Labute approximate surface area is 102 Å². The van der Waals surface area contributed by atoms with Crippen molar-refractivity contribution in [2.24, 2.45) is 0 Å². The minimum atomic E-state index is -5.60. The molecule has 0 saturated carbocycles. The molecule has 0 aliphatic heterocycles. The molecule has 0 bridgehead atoms. The van der Waals surface area contributed by atoms with E-state index in [9.17, 15) is 27.2 Å². The summed E-state index contributed by atoms with van der Waals surface area (Å²) in [5.41, 5.74) is 0. The number of carbonyl (C=O) groups is 2. The van der Waals surface area contributed by atoms with Crippen LogP contribution in [0.3, 0.4) is 0 Å². The zero-order valence-corrected chi connectivity index (χ0v) is 7.22. The van der Waals surface area contributed by atoms with Crippen molar-refractivity contribution >= 4 is 11.9 Å². The summed E-state index contributed by atoms with van der Waals surface area (Å²) in [6.07, 6.45) is 0. The van der Waals surface area contributed by atoms with Crippen LogP contribution in [0.2, 0.25) is 0 Å². The molecular formula is C4H4F4Li2O4. The summed E-state index contributed by atoms with van der Waals surface area (Å²) in [5, 5.41) is 15.1. The van der Waals surface area contributed by atoms with Gasteiger partial charge in [0.05, 0.1) is 0 Å². The van der Waals surface area contributed by atoms with Crippen LogP contribution in [0.1, 0.15) is 2.85 Å². The molecule has 4 nitrogen and oxygen atoms in total. The number of aliphatic carboxylic acids is 2. The van der Waals surface area contributed by atoms with Crippen molar-refractivity contribution in [3.8, 4) is 0 Å². The first-order valence-electron chi connectivity index (χ1n) is 2.36. The largest absolute Gasteiger partial charge is 1.00 e. The number of carboxylic acid groups (broad SMARTS) is 2. The molecule has 0 aliphatic rings. The van der Waals surface area contributed by atoms with Crippen molar-refractivity contribution < 1.29 is 77.9 Å². The van der Waals surface area contributed by atoms with Crippen LogP contribution in [-0.4, -0.2) is 34.0 Å². The Bertz CT molecular complexity index is 216. The van der Waals surface area contributed by atoms with Crippen LogP contribution in [-0.2, 0) is 9.59 Å². The third-order valence-corrected chi connectivity index (χ3v) is 0.932. The maximum Gasteiger partial charge on any atom is 1.00 e. The minimum Gasteiger partial charge on any atom is -1.00 e. The van der Waals surface area contributed by atoms with E-state index in [1.165, 1.54) is 0 Å². The summed E-state index contributed by atoms with van der Waals surface area (Å²) in [6.45, 7) is 0. The molecule has 0 amide bonds. The summed E-state index contributed by atoms with van der Waals surface area (Å²) < 4.78 is 47.4. The molecule has 74 valence electrons. The maximum absolute atomic E-state index is 11.8. The van der Waals surface area contributed by atoms with Crippen molar-refractivity contribution in [2.45, 2.75) is 11.8 Å². The van der Waals surface area contributed by atoms with Gasteiger partial charge in [0.2, 0.25) is 0 Å². The van der Waals surface area contributed by atoms with Crippen molar-refractivity contribution in [3.63, 3.8) is 0 Å². The van der Waals surface area contributed by atoms with Gasteiger partial charge in [0, 0.05) is 0 Å². The number of carboxylic acids is 2. The predicted octanol–water partition coefficient (Wildman–Crippen LogP) is -5.34. The molecule has 0 unspecified atom stereocenters. The van der Waals surface area contributed by atoms with Crippen molar-refractivity contribution in [1.82, 2.24) is 0 Å². The molecule has 0 radical (unpaired) electrons. The molecule has 0 saturated heterocycles. The van der Waals surface area contributed by atoms with Gasteiger partial charge < -0.3 is 13.1 Å². The van der Waals surface area contributed by atoms with Crippen LogP contribution in [0.4, 0.5) is 17.6 Å². The second kappa shape index (κ2) is 5.67. The van der Waals surface area contributed by atoms with Gasteiger partial charge in [0.25, 0.3) is 0 Å². The summed E-state index contributed by atoms with van der Waals surface area (Å²) >= 11 is 0. The number of hydrogen-bond donors (Lipinski definition) is 2. The molecule has 2 N–H and O–H groups in total. The number of hydrogen-bond acceptors (Lipinski definition) is 2. The molecule has 0 aromatic carbocycles. The standard InChI is InChI=1S/C4H2F4O4.2Li.2H/c5-3(6,1(9)10)4(7,8)2(11)12;;;;/h(H,9,10)(H,11,12);;;;/q;2*+1;2*-1. The van der Waals surface area contributed by atoms with Crippen molar-refractivity contribution in [3.05, 3.63) is 0 Å². The summed E-state index contributed by atoms with van der Waals surface area (Å²) in [6, 6.07) is 0. The Morgan fingerprint density at radius 3 is 1.07 bits per heavy atom. The third kappa shape index (κ3) is 3.21. The second-order valence-corrected chi connectivity index (χ2v) is 1.76. The fourth-order valence-electron chi connectivity index (χ4n) is 0.269. The zero-order valence-electron chi connectivity index (χ0n) is 9.22. The van der Waals surface area contributed by atoms with Crippen LogP contribution in [0.25, 0.3) is 0 Å². The number of rotatable bonds is 3. The molecule has 0 rings (SSSR count). The molecule has 0 atom stereocenters. The van der Waals surface area contributed by atoms with E-state index in [-0.39, 0.29) is 40.6 Å². The number of halogens is 4. The first-order valence-corrected chi connectivity index (χ1v) is 2.36. The van der Waals surface area contributed by atoms with Crippen LogP contribution < -0.4 is 37.7 Å². The second-order valence-electron chi connectivity index (χ2n) is 1.76. The molecule has 0 aliphatic carbocycles. The fraction of sp³-hybridized carbons (Fsp3) is 0.500. The average molecular weight is 206 g/mol. The van der Waals surface area contributed by atoms with E-state index in [4.69, 9.17) is 10.2 Å². The number of alkyl halides is 4. The molecule has 0 aromatic rings. The van der Waals surface area contributed by atoms with Crippen LogP contribution >= 0.6 is 0 Å². The van der Waals surface area contributed by atoms with E-state index >= 15 is 0 Å². The topological polar surface area (TPSA) is 74.6 Å². The summed E-state index contributed by atoms with van der Waals surface area (Å²) in [5.74, 6) is -17.6. The average Bonchev–Trinajstić information content (AvgIpc) is 1.86. The first kappa shape index (κ1) is 19.4. The summed E-state index contributed by atoms with van der Waals surface area (Å²) in [4.78, 5) is 19.0. The van der Waals surface area contributed by atoms with E-state index in [0.717, 1.165) is 0 Å². The van der Waals surface area contributed by atoms with Gasteiger partial charge in [0.1, 0.15) is 0 Å². The Morgan fingerprint density at radius 2 is 1.00 bits per heavy atom. The van der Waals surface area contributed by atoms with E-state index in [1.54, 1.807) is 0 Å². The monoisotopic (exact) mass is 206 g/mol. The molecule has 14 heavy (non-hydrogen) atoms. The van der Waals surface area contributed by atoms with Crippen molar-refractivity contribution in [2.75, 3.05) is 0 Å². The van der Waals surface area contributed by atoms with E-state index in [2.05, 4.69) is 0 Å². The van der Waals surface area contributed by atoms with Gasteiger partial charge in [-0.1, -0.05) is 0 Å². The van der Waals surface area contributed by atoms with E-state index in [0.29, 0.717) is 0 Å². The first-order chi connectivity index (χ1) is 5.14. The molecular weight excluding hydrogens is 202 g/mol. The van der Waals surface area contributed by atoms with Gasteiger partial charge in [-0.25, -0.2) is 9.59 Å². The quantitative estimate of drug-likeness (QED) is 0.357. The molecule has 10 heteroatoms. The Kier molecular flexibility index (Phi) is 7.87. The fourth-order valence-corrected chi connectivity index (χ4v) is 0.269.